The molecular formula is C17H13ClFN5O3. The van der Waals surface area contributed by atoms with Crippen molar-refractivity contribution >= 4 is 35.0 Å². The maximum absolute atomic E-state index is 13.3. The first-order chi connectivity index (χ1) is 13.0. The number of nitrogens with zero attached hydrogens (tertiary/aromatic N) is 3. The molecule has 0 fully saturated rings. The van der Waals surface area contributed by atoms with Crippen molar-refractivity contribution in [2.24, 2.45) is 4.99 Å². The average Bonchev–Trinajstić information content (AvgIpc) is 3.09. The Morgan fingerprint density at radius 1 is 1.26 bits per heavy atom. The Kier molecular flexibility index (Phi) is 5.62. The molecule has 1 aromatic heterocycles. The van der Waals surface area contributed by atoms with Crippen LogP contribution in [0.1, 0.15) is 11.3 Å². The molecule has 10 heteroatoms. The minimum Gasteiger partial charge on any atom is -0.443 e. The van der Waals surface area contributed by atoms with Crippen molar-refractivity contribution in [1.82, 2.24) is 10.3 Å². The maximum Gasteiger partial charge on any atom is 0.435 e. The smallest absolute Gasteiger partial charge is 0.435 e. The van der Waals surface area contributed by atoms with Gasteiger partial charge in [0, 0.05) is 5.69 Å². The number of nitrogen functional groups attached to an aromatic ring is 1. The number of benzene rings is 2. The number of hydrogen-bond donors (Lipinski definition) is 2. The summed E-state index contributed by atoms with van der Waals surface area (Å²) in [6.45, 7) is 0.0331. The number of carbonyl (C=O) groups excluding carboxylic acids is 1. The molecule has 3 aromatic rings. The monoisotopic (exact) mass is 389 g/mol. The normalized spacial score (nSPS) is 11.3. The molecule has 0 aliphatic carbocycles. The van der Waals surface area contributed by atoms with Gasteiger partial charge in [0.1, 0.15) is 12.4 Å². The van der Waals surface area contributed by atoms with Crippen LogP contribution >= 0.6 is 11.6 Å². The second-order valence-corrected chi connectivity index (χ2v) is 5.66. The zero-order valence-corrected chi connectivity index (χ0v) is 14.5. The van der Waals surface area contributed by atoms with Gasteiger partial charge in [-0.25, -0.2) is 13.8 Å². The minimum absolute atomic E-state index is 0.00731. The van der Waals surface area contributed by atoms with E-state index in [0.717, 1.165) is 11.6 Å². The summed E-state index contributed by atoms with van der Waals surface area (Å²) in [5.74, 6) is -0.773. The first-order valence-electron chi connectivity index (χ1n) is 7.63. The van der Waals surface area contributed by atoms with Crippen LogP contribution in [0.15, 0.2) is 58.2 Å². The summed E-state index contributed by atoms with van der Waals surface area (Å²) in [6.07, 6.45) is -0.892. The van der Waals surface area contributed by atoms with E-state index in [1.54, 1.807) is 12.1 Å². The number of halogens is 2. The van der Waals surface area contributed by atoms with Gasteiger partial charge < -0.3 is 15.8 Å². The number of nitrogens with two attached hydrogens (primary N) is 1. The van der Waals surface area contributed by atoms with Crippen LogP contribution in [-0.2, 0) is 11.3 Å². The van der Waals surface area contributed by atoms with Gasteiger partial charge in [0.2, 0.25) is 0 Å². The molecule has 8 nitrogen and oxygen atoms in total. The minimum atomic E-state index is -0.892. The first-order valence-corrected chi connectivity index (χ1v) is 8.00. The SMILES string of the molecule is Nc1nonc1/C(=N/C(=O)OCc1ccccc1)Nc1ccc(F)c(Cl)c1. The Labute approximate surface area is 157 Å². The third-order valence-electron chi connectivity index (χ3n) is 3.33. The highest BCUT2D eigenvalue weighted by Gasteiger charge is 2.17. The Bertz CT molecular complexity index is 978. The fourth-order valence-corrected chi connectivity index (χ4v) is 2.23. The molecule has 0 saturated heterocycles. The van der Waals surface area contributed by atoms with Gasteiger partial charge in [0.05, 0.1) is 5.02 Å². The van der Waals surface area contributed by atoms with Crippen molar-refractivity contribution in [2.75, 3.05) is 11.1 Å². The number of amidine groups is 1. The van der Waals surface area contributed by atoms with Crippen LogP contribution in [0.25, 0.3) is 0 Å². The predicted molar refractivity (Wildman–Crippen MR) is 96.9 cm³/mol. The molecule has 0 spiro atoms. The average molecular weight is 390 g/mol. The molecule has 27 heavy (non-hydrogen) atoms. The van der Waals surface area contributed by atoms with E-state index in [2.05, 4.69) is 25.3 Å². The van der Waals surface area contributed by atoms with Gasteiger partial charge in [-0.15, -0.1) is 0 Å². The van der Waals surface area contributed by atoms with E-state index >= 15 is 0 Å². The number of nitrogens with one attached hydrogen (secondary N) is 1. The Hall–Kier alpha value is -3.46. The fraction of sp³-hybridized carbons (Fsp3) is 0.0588. The van der Waals surface area contributed by atoms with Gasteiger partial charge >= 0.3 is 6.09 Å². The highest BCUT2D eigenvalue weighted by Crippen LogP contribution is 2.20. The van der Waals surface area contributed by atoms with Crippen LogP contribution in [0.3, 0.4) is 0 Å². The molecule has 0 atom stereocenters. The van der Waals surface area contributed by atoms with Crippen LogP contribution in [0.4, 0.5) is 20.7 Å². The number of hydrogen-bond acceptors (Lipinski definition) is 6. The number of rotatable bonds is 4. The number of carbonyl (C=O) groups is 1. The van der Waals surface area contributed by atoms with Gasteiger partial charge in [-0.3, -0.25) is 0 Å². The van der Waals surface area contributed by atoms with Gasteiger partial charge in [0.15, 0.2) is 17.3 Å². The van der Waals surface area contributed by atoms with Crippen LogP contribution in [0.5, 0.6) is 0 Å². The Balaban J connectivity index is 1.81. The van der Waals surface area contributed by atoms with Gasteiger partial charge in [-0.05, 0) is 34.1 Å². The van der Waals surface area contributed by atoms with Crippen molar-refractivity contribution in [3.63, 3.8) is 0 Å². The fourth-order valence-electron chi connectivity index (χ4n) is 2.05. The zero-order valence-electron chi connectivity index (χ0n) is 13.7. The first kappa shape index (κ1) is 18.3. The molecule has 0 aliphatic heterocycles. The highest BCUT2D eigenvalue weighted by atomic mass is 35.5. The summed E-state index contributed by atoms with van der Waals surface area (Å²) in [5, 5.41) is 9.71. The van der Waals surface area contributed by atoms with Gasteiger partial charge in [-0.1, -0.05) is 41.9 Å². The molecule has 0 unspecified atom stereocenters. The number of ether oxygens (including phenoxy) is 1. The summed E-state index contributed by atoms with van der Waals surface area (Å²) in [5.41, 5.74) is 6.80. The molecule has 0 saturated carbocycles. The molecular weight excluding hydrogens is 377 g/mol. The number of amides is 1. The lowest BCUT2D eigenvalue weighted by Gasteiger charge is -2.08. The number of anilines is 2. The van der Waals surface area contributed by atoms with Crippen molar-refractivity contribution in [3.8, 4) is 0 Å². The van der Waals surface area contributed by atoms with E-state index in [9.17, 15) is 9.18 Å². The van der Waals surface area contributed by atoms with Crippen LogP contribution in [-0.4, -0.2) is 22.2 Å². The van der Waals surface area contributed by atoms with Gasteiger partial charge in [0.25, 0.3) is 0 Å². The van der Waals surface area contributed by atoms with Crippen molar-refractivity contribution in [1.29, 1.82) is 0 Å². The highest BCUT2D eigenvalue weighted by molar-refractivity contribution is 6.31. The summed E-state index contributed by atoms with van der Waals surface area (Å²) >= 11 is 5.76. The lowest BCUT2D eigenvalue weighted by atomic mass is 10.2. The summed E-state index contributed by atoms with van der Waals surface area (Å²) < 4.78 is 23.0. The number of aliphatic imine (C=N–C) groups is 1. The van der Waals surface area contributed by atoms with Crippen molar-refractivity contribution in [3.05, 3.63) is 70.6 Å². The Morgan fingerprint density at radius 3 is 2.70 bits per heavy atom. The third kappa shape index (κ3) is 4.79. The van der Waals surface area contributed by atoms with Crippen LogP contribution < -0.4 is 11.1 Å². The molecule has 0 bridgehead atoms. The second kappa shape index (κ2) is 8.28. The van der Waals surface area contributed by atoms with Crippen molar-refractivity contribution in [2.45, 2.75) is 6.61 Å². The molecule has 0 aliphatic rings. The van der Waals surface area contributed by atoms with E-state index in [-0.39, 0.29) is 29.0 Å². The van der Waals surface area contributed by atoms with Crippen molar-refractivity contribution < 1.29 is 18.6 Å². The maximum atomic E-state index is 13.3. The van der Waals surface area contributed by atoms with E-state index in [4.69, 9.17) is 22.1 Å². The molecule has 3 N–H and O–H groups in total. The summed E-state index contributed by atoms with van der Waals surface area (Å²) in [4.78, 5) is 15.9. The molecule has 3 rings (SSSR count). The second-order valence-electron chi connectivity index (χ2n) is 5.25. The molecule has 2 aromatic carbocycles. The third-order valence-corrected chi connectivity index (χ3v) is 3.62. The molecule has 1 amide bonds. The largest absolute Gasteiger partial charge is 0.443 e. The number of aromatic nitrogens is 2. The Morgan fingerprint density at radius 2 is 2.04 bits per heavy atom. The summed E-state index contributed by atoms with van der Waals surface area (Å²) in [6, 6.07) is 13.0. The van der Waals surface area contributed by atoms with E-state index in [1.165, 1.54) is 12.1 Å². The lowest BCUT2D eigenvalue weighted by Crippen LogP contribution is -2.18. The van der Waals surface area contributed by atoms with E-state index in [0.29, 0.717) is 5.69 Å². The van der Waals surface area contributed by atoms with E-state index < -0.39 is 11.9 Å². The quantitative estimate of drug-likeness (QED) is 0.516. The molecule has 0 radical (unpaired) electrons. The van der Waals surface area contributed by atoms with Gasteiger partial charge in [-0.2, -0.15) is 4.99 Å². The predicted octanol–water partition coefficient (Wildman–Crippen LogP) is 3.64. The lowest BCUT2D eigenvalue weighted by molar-refractivity contribution is 0.151. The van der Waals surface area contributed by atoms with Crippen LogP contribution in [0, 0.1) is 5.82 Å². The molecule has 1 heterocycles. The van der Waals surface area contributed by atoms with E-state index in [1.807, 2.05) is 18.2 Å². The standard InChI is InChI=1S/C17H13ClFN5O3/c18-12-8-11(6-7-13(12)19)21-16(14-15(20)24-27-23-14)22-17(25)26-9-10-4-2-1-3-5-10/h1-8H,9H2,(H2,20,24)(H,21,22,25). The summed E-state index contributed by atoms with van der Waals surface area (Å²) in [7, 11) is 0. The topological polar surface area (TPSA) is 116 Å². The van der Waals surface area contributed by atoms with Crippen LogP contribution in [0.2, 0.25) is 5.02 Å². The molecule has 138 valence electrons. The zero-order chi connectivity index (χ0) is 19.2.